The molecule has 0 unspecified atom stereocenters. The Bertz CT molecular complexity index is 443. The number of ether oxygens (including phenoxy) is 1. The summed E-state index contributed by atoms with van der Waals surface area (Å²) in [5.41, 5.74) is 0. The van der Waals surface area contributed by atoms with Crippen LogP contribution in [0.5, 0.6) is 5.06 Å². The molecule has 0 amide bonds. The molecule has 0 aliphatic heterocycles. The van der Waals surface area contributed by atoms with Gasteiger partial charge in [0.15, 0.2) is 5.06 Å². The Morgan fingerprint density at radius 1 is 0.833 bits per heavy atom. The van der Waals surface area contributed by atoms with Gasteiger partial charge in [0.1, 0.15) is 0 Å². The number of hydrogen-bond acceptors (Lipinski definition) is 2. The lowest BCUT2D eigenvalue weighted by Gasteiger charge is -2.03. The fraction of sp³-hybridized carbons (Fsp3) is 0.545. The quantitative estimate of drug-likeness (QED) is 0.233. The molecule has 0 aliphatic carbocycles. The summed E-state index contributed by atoms with van der Waals surface area (Å²) in [7, 11) is 0. The SMILES string of the molecule is CC/C=C/C/C=C/C/C=C/CCCCCCCCOc1cccs1. The molecule has 1 nitrogen and oxygen atoms in total. The van der Waals surface area contributed by atoms with Crippen molar-refractivity contribution < 1.29 is 4.74 Å². The zero-order valence-electron chi connectivity index (χ0n) is 15.3. The lowest BCUT2D eigenvalue weighted by molar-refractivity contribution is 0.313. The molecule has 0 saturated heterocycles. The normalized spacial score (nSPS) is 12.0. The predicted molar refractivity (Wildman–Crippen MR) is 109 cm³/mol. The van der Waals surface area contributed by atoms with Gasteiger partial charge in [0.2, 0.25) is 0 Å². The number of thiophene rings is 1. The molecule has 0 fully saturated rings. The van der Waals surface area contributed by atoms with E-state index in [1.54, 1.807) is 11.3 Å². The van der Waals surface area contributed by atoms with Crippen LogP contribution in [0.3, 0.4) is 0 Å². The minimum absolute atomic E-state index is 0.866. The molecule has 0 aromatic carbocycles. The molecule has 0 N–H and O–H groups in total. The van der Waals surface area contributed by atoms with Crippen LogP contribution in [0.15, 0.2) is 54.0 Å². The summed E-state index contributed by atoms with van der Waals surface area (Å²) in [6, 6.07) is 4.08. The molecule has 1 rings (SSSR count). The number of rotatable bonds is 15. The van der Waals surface area contributed by atoms with Crippen molar-refractivity contribution in [2.75, 3.05) is 6.61 Å². The van der Waals surface area contributed by atoms with E-state index < -0.39 is 0 Å². The van der Waals surface area contributed by atoms with Crippen molar-refractivity contribution in [3.8, 4) is 5.06 Å². The Hall–Kier alpha value is -1.28. The van der Waals surface area contributed by atoms with Gasteiger partial charge in [-0.15, -0.1) is 11.3 Å². The molecule has 0 radical (unpaired) electrons. The first kappa shape index (κ1) is 20.8. The van der Waals surface area contributed by atoms with E-state index in [-0.39, 0.29) is 0 Å². The summed E-state index contributed by atoms with van der Waals surface area (Å²) in [6.45, 7) is 3.04. The van der Waals surface area contributed by atoms with E-state index in [1.807, 2.05) is 12.1 Å². The van der Waals surface area contributed by atoms with Crippen molar-refractivity contribution in [3.05, 3.63) is 54.0 Å². The first-order chi connectivity index (χ1) is 11.9. The number of unbranched alkanes of at least 4 members (excludes halogenated alkanes) is 6. The van der Waals surface area contributed by atoms with Crippen molar-refractivity contribution in [3.63, 3.8) is 0 Å². The topological polar surface area (TPSA) is 9.23 Å². The van der Waals surface area contributed by atoms with Crippen LogP contribution < -0.4 is 4.74 Å². The van der Waals surface area contributed by atoms with Crippen LogP contribution in [0.2, 0.25) is 0 Å². The first-order valence-corrected chi connectivity index (χ1v) is 10.4. The number of hydrogen-bond donors (Lipinski definition) is 0. The van der Waals surface area contributed by atoms with E-state index in [9.17, 15) is 0 Å². The maximum absolute atomic E-state index is 5.67. The van der Waals surface area contributed by atoms with Crippen molar-refractivity contribution in [2.45, 2.75) is 71.1 Å². The van der Waals surface area contributed by atoms with E-state index in [4.69, 9.17) is 4.74 Å². The Morgan fingerprint density at radius 3 is 2.21 bits per heavy atom. The highest BCUT2D eigenvalue weighted by molar-refractivity contribution is 7.11. The second kappa shape index (κ2) is 16.6. The fourth-order valence-corrected chi connectivity index (χ4v) is 3.02. The van der Waals surface area contributed by atoms with Gasteiger partial charge in [-0.05, 0) is 56.0 Å². The third-order valence-electron chi connectivity index (χ3n) is 3.78. The Morgan fingerprint density at radius 2 is 1.50 bits per heavy atom. The highest BCUT2D eigenvalue weighted by atomic mass is 32.1. The van der Waals surface area contributed by atoms with Crippen molar-refractivity contribution in [1.29, 1.82) is 0 Å². The maximum atomic E-state index is 5.67. The molecule has 0 saturated carbocycles. The highest BCUT2D eigenvalue weighted by Crippen LogP contribution is 2.18. The zero-order valence-corrected chi connectivity index (χ0v) is 16.1. The van der Waals surface area contributed by atoms with Gasteiger partial charge < -0.3 is 4.74 Å². The van der Waals surface area contributed by atoms with Crippen LogP contribution >= 0.6 is 11.3 Å². The zero-order chi connectivity index (χ0) is 17.1. The molecular weight excluding hydrogens is 312 g/mol. The molecule has 0 bridgehead atoms. The first-order valence-electron chi connectivity index (χ1n) is 9.54. The molecule has 134 valence electrons. The van der Waals surface area contributed by atoms with Gasteiger partial charge in [0, 0.05) is 0 Å². The summed E-state index contributed by atoms with van der Waals surface area (Å²) < 4.78 is 5.67. The van der Waals surface area contributed by atoms with Gasteiger partial charge in [-0.2, -0.15) is 0 Å². The minimum atomic E-state index is 0.866. The van der Waals surface area contributed by atoms with Gasteiger partial charge in [-0.25, -0.2) is 0 Å². The van der Waals surface area contributed by atoms with Crippen LogP contribution in [0.25, 0.3) is 0 Å². The van der Waals surface area contributed by atoms with Gasteiger partial charge in [0.25, 0.3) is 0 Å². The van der Waals surface area contributed by atoms with Crippen LogP contribution in [0.1, 0.15) is 71.1 Å². The third-order valence-corrected chi connectivity index (χ3v) is 4.56. The van der Waals surface area contributed by atoms with E-state index in [2.05, 4.69) is 48.8 Å². The fourth-order valence-electron chi connectivity index (χ4n) is 2.42. The second-order valence-electron chi connectivity index (χ2n) is 5.98. The van der Waals surface area contributed by atoms with Gasteiger partial charge >= 0.3 is 0 Å². The summed E-state index contributed by atoms with van der Waals surface area (Å²) in [4.78, 5) is 0. The van der Waals surface area contributed by atoms with Gasteiger partial charge in [0.05, 0.1) is 6.61 Å². The molecule has 1 aromatic heterocycles. The predicted octanol–water partition coefficient (Wildman–Crippen LogP) is 7.72. The summed E-state index contributed by atoms with van der Waals surface area (Å²) in [5, 5.41) is 3.11. The Kier molecular flexibility index (Phi) is 14.3. The van der Waals surface area contributed by atoms with Gasteiger partial charge in [-0.3, -0.25) is 0 Å². The van der Waals surface area contributed by atoms with Crippen LogP contribution in [0.4, 0.5) is 0 Å². The smallest absolute Gasteiger partial charge is 0.173 e. The van der Waals surface area contributed by atoms with Crippen LogP contribution in [-0.4, -0.2) is 6.61 Å². The Balaban J connectivity index is 1.78. The van der Waals surface area contributed by atoms with E-state index in [1.165, 1.54) is 44.9 Å². The molecule has 1 heterocycles. The maximum Gasteiger partial charge on any atom is 0.173 e. The van der Waals surface area contributed by atoms with Crippen LogP contribution in [-0.2, 0) is 0 Å². The molecule has 0 spiro atoms. The number of allylic oxidation sites excluding steroid dienone is 6. The molecular formula is C22H34OS. The summed E-state index contributed by atoms with van der Waals surface area (Å²) >= 11 is 1.68. The average molecular weight is 347 g/mol. The largest absolute Gasteiger partial charge is 0.484 e. The van der Waals surface area contributed by atoms with Crippen molar-refractivity contribution in [1.82, 2.24) is 0 Å². The van der Waals surface area contributed by atoms with E-state index >= 15 is 0 Å². The van der Waals surface area contributed by atoms with Gasteiger partial charge in [-0.1, -0.05) is 69.1 Å². The summed E-state index contributed by atoms with van der Waals surface area (Å²) in [6.07, 6.45) is 25.9. The van der Waals surface area contributed by atoms with E-state index in [0.717, 1.165) is 30.9 Å². The summed E-state index contributed by atoms with van der Waals surface area (Å²) in [5.74, 6) is 0. The van der Waals surface area contributed by atoms with Crippen LogP contribution in [0, 0.1) is 0 Å². The lowest BCUT2D eigenvalue weighted by atomic mass is 10.1. The van der Waals surface area contributed by atoms with Crippen molar-refractivity contribution >= 4 is 11.3 Å². The minimum Gasteiger partial charge on any atom is -0.484 e. The molecule has 0 atom stereocenters. The molecule has 24 heavy (non-hydrogen) atoms. The monoisotopic (exact) mass is 346 g/mol. The Labute approximate surface area is 153 Å². The highest BCUT2D eigenvalue weighted by Gasteiger charge is 1.94. The van der Waals surface area contributed by atoms with E-state index in [0.29, 0.717) is 0 Å². The molecule has 0 aliphatic rings. The lowest BCUT2D eigenvalue weighted by Crippen LogP contribution is -1.95. The molecule has 2 heteroatoms. The second-order valence-corrected chi connectivity index (χ2v) is 6.89. The third kappa shape index (κ3) is 13.2. The standard InChI is InChI=1S/C22H34OS/c1-2-3-4-5-6-7-8-9-10-11-12-13-14-15-16-17-20-23-22-19-18-21-24-22/h3-4,6-7,9-10,18-19,21H,2,5,8,11-17,20H2,1H3/b4-3+,7-6+,10-9+. The average Bonchev–Trinajstić information content (AvgIpc) is 3.11. The molecule has 1 aromatic rings. The van der Waals surface area contributed by atoms with Crippen molar-refractivity contribution in [2.24, 2.45) is 0 Å².